The number of nitrogens with zero attached hydrogens (tertiary/aromatic N) is 2. The number of hydrogen-bond donors (Lipinski definition) is 1. The lowest BCUT2D eigenvalue weighted by Gasteiger charge is -2.15. The van der Waals surface area contributed by atoms with Crippen LogP contribution in [0.3, 0.4) is 0 Å². The lowest BCUT2D eigenvalue weighted by atomic mass is 9.95. The molecule has 1 aromatic heterocycles. The average molecular weight is 341 g/mol. The van der Waals surface area contributed by atoms with Crippen LogP contribution in [0.5, 0.6) is 0 Å². The number of fused-ring (bicyclic) bond motifs is 3. The van der Waals surface area contributed by atoms with Gasteiger partial charge in [-0.15, -0.1) is 0 Å². The number of aliphatic hydroxyl groups excluding tert-OH is 1. The van der Waals surface area contributed by atoms with Crippen molar-refractivity contribution >= 4 is 17.2 Å². The van der Waals surface area contributed by atoms with E-state index in [-0.39, 0.29) is 12.4 Å². The Labute approximate surface area is 143 Å². The molecule has 0 bridgehead atoms. The molecule has 0 fully saturated rings. The van der Waals surface area contributed by atoms with E-state index in [0.717, 1.165) is 22.5 Å². The lowest BCUT2D eigenvalue weighted by Crippen LogP contribution is -2.06. The second kappa shape index (κ2) is 5.89. The number of allylic oxidation sites excluding steroid dienone is 1. The van der Waals surface area contributed by atoms with E-state index in [1.54, 1.807) is 24.4 Å². The Bertz CT molecular complexity index is 962. The third-order valence-electron chi connectivity index (χ3n) is 4.22. The largest absolute Gasteiger partial charge is 0.388 e. The van der Waals surface area contributed by atoms with Gasteiger partial charge in [-0.25, -0.2) is 9.37 Å². The van der Waals surface area contributed by atoms with Crippen molar-refractivity contribution < 1.29 is 9.50 Å². The normalized spacial score (nSPS) is 13.0. The summed E-state index contributed by atoms with van der Waals surface area (Å²) in [6.07, 6.45) is 4.31. The fraction of sp³-hybridized carbons (Fsp3) is 0.105. The summed E-state index contributed by atoms with van der Waals surface area (Å²) in [5.74, 6) is 0.276. The van der Waals surface area contributed by atoms with Gasteiger partial charge in [0.25, 0.3) is 0 Å². The third kappa shape index (κ3) is 2.35. The van der Waals surface area contributed by atoms with Gasteiger partial charge in [-0.3, -0.25) is 4.57 Å². The number of rotatable bonds is 2. The number of aromatic nitrogens is 2. The molecule has 3 aromatic rings. The molecular formula is C19H14ClFN2O. The molecule has 120 valence electrons. The Kier molecular flexibility index (Phi) is 3.71. The molecule has 1 N–H and O–H groups in total. The van der Waals surface area contributed by atoms with E-state index in [1.165, 1.54) is 6.07 Å². The molecule has 0 saturated heterocycles. The van der Waals surface area contributed by atoms with Crippen LogP contribution in [0.1, 0.15) is 22.6 Å². The minimum atomic E-state index is -0.276. The molecule has 5 heteroatoms. The predicted molar refractivity (Wildman–Crippen MR) is 91.7 cm³/mol. The van der Waals surface area contributed by atoms with Gasteiger partial charge in [-0.05, 0) is 29.8 Å². The maximum Gasteiger partial charge on any atom is 0.139 e. The van der Waals surface area contributed by atoms with Crippen molar-refractivity contribution in [2.45, 2.75) is 13.0 Å². The summed E-state index contributed by atoms with van der Waals surface area (Å²) in [4.78, 5) is 4.27. The fourth-order valence-corrected chi connectivity index (χ4v) is 3.32. The molecule has 4 rings (SSSR count). The van der Waals surface area contributed by atoms with Gasteiger partial charge in [0.1, 0.15) is 18.2 Å². The molecule has 0 saturated carbocycles. The van der Waals surface area contributed by atoms with Crippen LogP contribution in [-0.2, 0) is 13.0 Å². The average Bonchev–Trinajstić information content (AvgIpc) is 2.93. The van der Waals surface area contributed by atoms with Crippen LogP contribution in [0.4, 0.5) is 4.39 Å². The first-order valence-electron chi connectivity index (χ1n) is 7.60. The van der Waals surface area contributed by atoms with Gasteiger partial charge in [0.15, 0.2) is 0 Å². The highest BCUT2D eigenvalue weighted by Gasteiger charge is 2.21. The number of halogens is 2. The highest BCUT2D eigenvalue weighted by Crippen LogP contribution is 2.36. The molecule has 2 aromatic carbocycles. The topological polar surface area (TPSA) is 38.1 Å². The zero-order valence-electron chi connectivity index (χ0n) is 12.7. The standard InChI is InChI=1S/C19H14ClFN2O/c20-12-5-8-18-16(9-12)14(15-3-1-2-4-17(15)21)7-6-13-10-22-19(11-24)23(13)18/h1-5,7-10,24H,6,11H2. The molecule has 24 heavy (non-hydrogen) atoms. The van der Waals surface area contributed by atoms with Gasteiger partial charge in [-0.2, -0.15) is 0 Å². The molecule has 1 aliphatic heterocycles. The van der Waals surface area contributed by atoms with E-state index in [9.17, 15) is 9.50 Å². The number of benzene rings is 2. The molecular weight excluding hydrogens is 327 g/mol. The molecule has 3 nitrogen and oxygen atoms in total. The van der Waals surface area contributed by atoms with Crippen LogP contribution in [0.25, 0.3) is 11.3 Å². The first kappa shape index (κ1) is 15.1. The molecule has 0 amide bonds. The van der Waals surface area contributed by atoms with Gasteiger partial charge < -0.3 is 5.11 Å². The molecule has 0 atom stereocenters. The number of imidazole rings is 1. The van der Waals surface area contributed by atoms with Gasteiger partial charge in [-0.1, -0.05) is 35.9 Å². The summed E-state index contributed by atoms with van der Waals surface area (Å²) in [5.41, 5.74) is 3.92. The fourth-order valence-electron chi connectivity index (χ4n) is 3.15. The zero-order valence-corrected chi connectivity index (χ0v) is 13.5. The Morgan fingerprint density at radius 2 is 2.00 bits per heavy atom. The van der Waals surface area contributed by atoms with Crippen LogP contribution in [-0.4, -0.2) is 14.7 Å². The smallest absolute Gasteiger partial charge is 0.139 e. The maximum atomic E-state index is 14.4. The van der Waals surface area contributed by atoms with Crippen molar-refractivity contribution in [2.75, 3.05) is 0 Å². The van der Waals surface area contributed by atoms with Crippen molar-refractivity contribution in [1.82, 2.24) is 9.55 Å². The molecule has 2 heterocycles. The van der Waals surface area contributed by atoms with E-state index < -0.39 is 0 Å². The zero-order chi connectivity index (χ0) is 16.7. The molecule has 0 spiro atoms. The highest BCUT2D eigenvalue weighted by atomic mass is 35.5. The first-order chi connectivity index (χ1) is 11.7. The second-order valence-corrected chi connectivity index (χ2v) is 6.06. The summed E-state index contributed by atoms with van der Waals surface area (Å²) in [5, 5.41) is 10.2. The van der Waals surface area contributed by atoms with Crippen molar-refractivity contribution in [1.29, 1.82) is 0 Å². The van der Waals surface area contributed by atoms with E-state index in [1.807, 2.05) is 28.8 Å². The van der Waals surface area contributed by atoms with Crippen LogP contribution in [0, 0.1) is 5.82 Å². The van der Waals surface area contributed by atoms with Crippen LogP contribution in [0.15, 0.2) is 54.7 Å². The van der Waals surface area contributed by atoms with Crippen molar-refractivity contribution in [3.05, 3.63) is 88.2 Å². The summed E-state index contributed by atoms with van der Waals surface area (Å²) >= 11 is 6.20. The Morgan fingerprint density at radius 3 is 2.79 bits per heavy atom. The number of hydrogen-bond acceptors (Lipinski definition) is 2. The van der Waals surface area contributed by atoms with E-state index in [2.05, 4.69) is 4.98 Å². The quantitative estimate of drug-likeness (QED) is 0.761. The van der Waals surface area contributed by atoms with Gasteiger partial charge in [0, 0.05) is 34.5 Å². The minimum Gasteiger partial charge on any atom is -0.388 e. The molecule has 0 aliphatic carbocycles. The van der Waals surface area contributed by atoms with Crippen molar-refractivity contribution in [3.63, 3.8) is 0 Å². The third-order valence-corrected chi connectivity index (χ3v) is 4.45. The Morgan fingerprint density at radius 1 is 1.17 bits per heavy atom. The van der Waals surface area contributed by atoms with Crippen LogP contribution < -0.4 is 0 Å². The second-order valence-electron chi connectivity index (χ2n) is 5.62. The Hall–Kier alpha value is -2.43. The van der Waals surface area contributed by atoms with Crippen molar-refractivity contribution in [2.24, 2.45) is 0 Å². The summed E-state index contributed by atoms with van der Waals surface area (Å²) in [6.45, 7) is -0.170. The van der Waals surface area contributed by atoms with Crippen LogP contribution in [0.2, 0.25) is 5.02 Å². The van der Waals surface area contributed by atoms with E-state index in [0.29, 0.717) is 22.8 Å². The van der Waals surface area contributed by atoms with E-state index in [4.69, 9.17) is 11.6 Å². The van der Waals surface area contributed by atoms with Crippen molar-refractivity contribution in [3.8, 4) is 5.69 Å². The predicted octanol–water partition coefficient (Wildman–Crippen LogP) is 4.14. The SMILES string of the molecule is OCc1ncc2n1-c1ccc(Cl)cc1C(c1ccccc1F)=CC2. The van der Waals surface area contributed by atoms with Crippen LogP contribution >= 0.6 is 11.6 Å². The summed E-state index contributed by atoms with van der Waals surface area (Å²) < 4.78 is 16.3. The van der Waals surface area contributed by atoms with E-state index >= 15 is 0 Å². The molecule has 0 radical (unpaired) electrons. The van der Waals surface area contributed by atoms with Gasteiger partial charge >= 0.3 is 0 Å². The summed E-state index contributed by atoms with van der Waals surface area (Å²) in [6, 6.07) is 12.2. The lowest BCUT2D eigenvalue weighted by molar-refractivity contribution is 0.269. The minimum absolute atomic E-state index is 0.170. The van der Waals surface area contributed by atoms with Gasteiger partial charge in [0.05, 0.1) is 5.69 Å². The Balaban J connectivity index is 2.01. The monoisotopic (exact) mass is 340 g/mol. The number of aliphatic hydroxyl groups is 1. The highest BCUT2D eigenvalue weighted by molar-refractivity contribution is 6.30. The van der Waals surface area contributed by atoms with Gasteiger partial charge in [0.2, 0.25) is 0 Å². The maximum absolute atomic E-state index is 14.4. The first-order valence-corrected chi connectivity index (χ1v) is 7.98. The molecule has 1 aliphatic rings. The summed E-state index contributed by atoms with van der Waals surface area (Å²) in [7, 11) is 0. The molecule has 0 unspecified atom stereocenters.